The lowest BCUT2D eigenvalue weighted by Crippen LogP contribution is -2.45. The highest BCUT2D eigenvalue weighted by atomic mass is 19.1. The molecule has 0 aromatic heterocycles. The van der Waals surface area contributed by atoms with Crippen LogP contribution in [0.15, 0.2) is 24.3 Å². The largest absolute Gasteiger partial charge is 0.480 e. The average molecular weight is 282 g/mol. The van der Waals surface area contributed by atoms with Gasteiger partial charge in [-0.15, -0.1) is 0 Å². The number of hydrogen-bond donors (Lipinski definition) is 1. The van der Waals surface area contributed by atoms with Crippen LogP contribution in [0, 0.1) is 5.82 Å². The zero-order valence-corrected chi connectivity index (χ0v) is 11.7. The minimum Gasteiger partial charge on any atom is -0.480 e. The molecular formula is C14H19FN2O3. The van der Waals surface area contributed by atoms with Crippen LogP contribution in [0.3, 0.4) is 0 Å². The molecule has 0 aliphatic carbocycles. The lowest BCUT2D eigenvalue weighted by atomic mass is 10.3. The van der Waals surface area contributed by atoms with Crippen LogP contribution in [0.1, 0.15) is 20.3 Å². The zero-order chi connectivity index (χ0) is 15.1. The molecule has 0 saturated carbocycles. The van der Waals surface area contributed by atoms with Crippen LogP contribution in [-0.2, 0) is 4.79 Å². The van der Waals surface area contributed by atoms with Gasteiger partial charge in [0, 0.05) is 18.8 Å². The van der Waals surface area contributed by atoms with Gasteiger partial charge in [-0.2, -0.15) is 0 Å². The standard InChI is InChI=1S/C14H19FN2O3/c1-3-8-16(10-13(18)19)14(20)17(4-2)12-7-5-6-11(15)9-12/h5-7,9H,3-4,8,10H2,1-2H3,(H,18,19). The van der Waals surface area contributed by atoms with Crippen LogP contribution in [0.5, 0.6) is 0 Å². The summed E-state index contributed by atoms with van der Waals surface area (Å²) in [5.41, 5.74) is 0.420. The Kier molecular flexibility index (Phi) is 5.96. The van der Waals surface area contributed by atoms with E-state index >= 15 is 0 Å². The minimum absolute atomic E-state index is 0.335. The fourth-order valence-electron chi connectivity index (χ4n) is 1.92. The number of rotatable bonds is 6. The van der Waals surface area contributed by atoms with Gasteiger partial charge in [-0.05, 0) is 31.5 Å². The van der Waals surface area contributed by atoms with Crippen molar-refractivity contribution in [2.75, 3.05) is 24.5 Å². The summed E-state index contributed by atoms with van der Waals surface area (Å²) >= 11 is 0. The number of hydrogen-bond acceptors (Lipinski definition) is 2. The van der Waals surface area contributed by atoms with E-state index in [0.29, 0.717) is 25.2 Å². The second-order valence-electron chi connectivity index (χ2n) is 4.32. The van der Waals surface area contributed by atoms with E-state index in [1.54, 1.807) is 13.0 Å². The molecule has 0 unspecified atom stereocenters. The number of carboxylic acids is 1. The number of urea groups is 1. The first kappa shape index (κ1) is 15.9. The second kappa shape index (κ2) is 7.47. The minimum atomic E-state index is -1.07. The topological polar surface area (TPSA) is 60.9 Å². The summed E-state index contributed by atoms with van der Waals surface area (Å²) in [6.07, 6.45) is 0.653. The first-order chi connectivity index (χ1) is 9.49. The molecule has 1 rings (SSSR count). The Balaban J connectivity index is 2.96. The molecule has 0 saturated heterocycles. The van der Waals surface area contributed by atoms with Crippen molar-refractivity contribution in [2.24, 2.45) is 0 Å². The Labute approximate surface area is 117 Å². The molecule has 0 radical (unpaired) electrons. The van der Waals surface area contributed by atoms with Gasteiger partial charge in [0.15, 0.2) is 0 Å². The van der Waals surface area contributed by atoms with Crippen LogP contribution in [0.25, 0.3) is 0 Å². The highest BCUT2D eigenvalue weighted by Gasteiger charge is 2.22. The van der Waals surface area contributed by atoms with Crippen LogP contribution < -0.4 is 4.90 Å². The summed E-state index contributed by atoms with van der Waals surface area (Å²) in [6.45, 7) is 3.94. The quantitative estimate of drug-likeness (QED) is 0.872. The molecule has 0 aliphatic rings. The lowest BCUT2D eigenvalue weighted by Gasteiger charge is -2.28. The maximum atomic E-state index is 13.2. The maximum absolute atomic E-state index is 13.2. The van der Waals surface area contributed by atoms with Gasteiger partial charge in [0.2, 0.25) is 0 Å². The summed E-state index contributed by atoms with van der Waals surface area (Å²) in [5, 5.41) is 8.86. The van der Waals surface area contributed by atoms with Gasteiger partial charge < -0.3 is 10.0 Å². The summed E-state index contributed by atoms with van der Waals surface area (Å²) in [6, 6.07) is 5.26. The number of nitrogens with zero attached hydrogens (tertiary/aromatic N) is 2. The van der Waals surface area contributed by atoms with Gasteiger partial charge >= 0.3 is 12.0 Å². The molecule has 0 aliphatic heterocycles. The molecule has 0 spiro atoms. The Morgan fingerprint density at radius 3 is 2.50 bits per heavy atom. The molecule has 110 valence electrons. The van der Waals surface area contributed by atoms with Crippen molar-refractivity contribution in [1.29, 1.82) is 0 Å². The fraction of sp³-hybridized carbons (Fsp3) is 0.429. The molecule has 1 aromatic carbocycles. The molecular weight excluding hydrogens is 263 g/mol. The van der Waals surface area contributed by atoms with Gasteiger partial charge in [-0.1, -0.05) is 13.0 Å². The Morgan fingerprint density at radius 2 is 2.00 bits per heavy atom. The highest BCUT2D eigenvalue weighted by Crippen LogP contribution is 2.17. The molecule has 2 amide bonds. The lowest BCUT2D eigenvalue weighted by molar-refractivity contribution is -0.137. The van der Waals surface area contributed by atoms with Crippen molar-refractivity contribution in [3.8, 4) is 0 Å². The van der Waals surface area contributed by atoms with Gasteiger partial charge in [0.1, 0.15) is 12.4 Å². The molecule has 0 heterocycles. The van der Waals surface area contributed by atoms with E-state index in [1.165, 1.54) is 28.0 Å². The van der Waals surface area contributed by atoms with Gasteiger partial charge in [0.05, 0.1) is 0 Å². The van der Waals surface area contributed by atoms with Crippen molar-refractivity contribution < 1.29 is 19.1 Å². The third-order valence-corrected chi connectivity index (χ3v) is 2.76. The third-order valence-electron chi connectivity index (χ3n) is 2.76. The normalized spacial score (nSPS) is 10.2. The number of carbonyl (C=O) groups is 2. The second-order valence-corrected chi connectivity index (χ2v) is 4.32. The zero-order valence-electron chi connectivity index (χ0n) is 11.7. The van der Waals surface area contributed by atoms with Crippen LogP contribution in [0.2, 0.25) is 0 Å². The van der Waals surface area contributed by atoms with Crippen molar-refractivity contribution in [1.82, 2.24) is 4.90 Å². The van der Waals surface area contributed by atoms with Crippen molar-refractivity contribution >= 4 is 17.7 Å². The number of anilines is 1. The Bertz CT molecular complexity index is 479. The third kappa shape index (κ3) is 4.22. The van der Waals surface area contributed by atoms with E-state index in [4.69, 9.17) is 5.11 Å². The SMILES string of the molecule is CCCN(CC(=O)O)C(=O)N(CC)c1cccc(F)c1. The van der Waals surface area contributed by atoms with Crippen molar-refractivity contribution in [2.45, 2.75) is 20.3 Å². The smallest absolute Gasteiger partial charge is 0.325 e. The monoisotopic (exact) mass is 282 g/mol. The molecule has 5 nitrogen and oxygen atoms in total. The van der Waals surface area contributed by atoms with Gasteiger partial charge in [0.25, 0.3) is 0 Å². The Morgan fingerprint density at radius 1 is 1.30 bits per heavy atom. The van der Waals surface area contributed by atoms with E-state index in [0.717, 1.165) is 0 Å². The number of carbonyl (C=O) groups excluding carboxylic acids is 1. The molecule has 0 bridgehead atoms. The molecule has 0 fully saturated rings. The molecule has 6 heteroatoms. The van der Waals surface area contributed by atoms with E-state index in [2.05, 4.69) is 0 Å². The van der Waals surface area contributed by atoms with Crippen LogP contribution in [0.4, 0.5) is 14.9 Å². The highest BCUT2D eigenvalue weighted by molar-refractivity contribution is 5.93. The fourth-order valence-corrected chi connectivity index (χ4v) is 1.92. The number of carboxylic acid groups (broad SMARTS) is 1. The maximum Gasteiger partial charge on any atom is 0.325 e. The predicted octanol–water partition coefficient (Wildman–Crippen LogP) is 2.57. The van der Waals surface area contributed by atoms with Gasteiger partial charge in [-0.25, -0.2) is 9.18 Å². The summed E-state index contributed by atoms with van der Waals surface area (Å²) in [4.78, 5) is 25.8. The van der Waals surface area contributed by atoms with Crippen LogP contribution >= 0.6 is 0 Å². The van der Waals surface area contributed by atoms with Crippen molar-refractivity contribution in [3.05, 3.63) is 30.1 Å². The van der Waals surface area contributed by atoms with E-state index in [1.807, 2.05) is 6.92 Å². The first-order valence-electron chi connectivity index (χ1n) is 6.53. The Hall–Kier alpha value is -2.11. The van der Waals surface area contributed by atoms with E-state index < -0.39 is 17.8 Å². The molecule has 20 heavy (non-hydrogen) atoms. The summed E-state index contributed by atoms with van der Waals surface area (Å²) in [5.74, 6) is -1.50. The number of aliphatic carboxylic acids is 1. The molecule has 1 aromatic rings. The molecule has 1 N–H and O–H groups in total. The summed E-state index contributed by atoms with van der Waals surface area (Å²) in [7, 11) is 0. The molecule has 0 atom stereocenters. The number of amides is 2. The van der Waals surface area contributed by atoms with E-state index in [9.17, 15) is 14.0 Å². The van der Waals surface area contributed by atoms with Crippen LogP contribution in [-0.4, -0.2) is 41.6 Å². The predicted molar refractivity (Wildman–Crippen MR) is 74.3 cm³/mol. The van der Waals surface area contributed by atoms with E-state index in [-0.39, 0.29) is 6.54 Å². The average Bonchev–Trinajstić information content (AvgIpc) is 2.38. The number of benzene rings is 1. The summed E-state index contributed by atoms with van der Waals surface area (Å²) < 4.78 is 13.2. The van der Waals surface area contributed by atoms with Crippen molar-refractivity contribution in [3.63, 3.8) is 0 Å². The van der Waals surface area contributed by atoms with Gasteiger partial charge in [-0.3, -0.25) is 9.69 Å². The number of halogens is 1. The first-order valence-corrected chi connectivity index (χ1v) is 6.53.